The van der Waals surface area contributed by atoms with Crippen molar-refractivity contribution in [3.05, 3.63) is 51.5 Å². The number of nitrogens with one attached hydrogen (secondary N) is 1. The van der Waals surface area contributed by atoms with Gasteiger partial charge in [0.05, 0.1) is 23.0 Å². The maximum absolute atomic E-state index is 10.9. The lowest BCUT2D eigenvalue weighted by Gasteiger charge is -2.10. The van der Waals surface area contributed by atoms with Crippen molar-refractivity contribution in [3.63, 3.8) is 0 Å². The molecule has 0 aliphatic carbocycles. The standard InChI is InChI=1S/C13H15N5O3/c1-8-4-12(9(2)3-11(8)18(19)20)21-7-10-5-16-13(17-14)6-15-10/h3-6H,7,14H2,1-2H3,(H,16,17). The van der Waals surface area contributed by atoms with Crippen LogP contribution in [0.3, 0.4) is 0 Å². The van der Waals surface area contributed by atoms with Crippen LogP contribution in [-0.2, 0) is 6.61 Å². The lowest BCUT2D eigenvalue weighted by atomic mass is 10.1. The molecule has 8 nitrogen and oxygen atoms in total. The average molecular weight is 289 g/mol. The van der Waals surface area contributed by atoms with Crippen LogP contribution in [0.2, 0.25) is 0 Å². The van der Waals surface area contributed by atoms with Crippen LogP contribution in [0.15, 0.2) is 24.5 Å². The van der Waals surface area contributed by atoms with E-state index in [9.17, 15) is 10.1 Å². The molecule has 110 valence electrons. The number of nitrogens with two attached hydrogens (primary N) is 1. The fraction of sp³-hybridized carbons (Fsp3) is 0.231. The molecule has 0 atom stereocenters. The number of aryl methyl sites for hydroxylation is 2. The minimum Gasteiger partial charge on any atom is -0.487 e. The minimum absolute atomic E-state index is 0.0815. The summed E-state index contributed by atoms with van der Waals surface area (Å²) < 4.78 is 5.64. The monoisotopic (exact) mass is 289 g/mol. The van der Waals surface area contributed by atoms with Gasteiger partial charge in [0.25, 0.3) is 5.69 Å². The van der Waals surface area contributed by atoms with Crippen LogP contribution in [0.25, 0.3) is 0 Å². The number of rotatable bonds is 5. The second-order valence-corrected chi connectivity index (χ2v) is 4.49. The van der Waals surface area contributed by atoms with Crippen molar-refractivity contribution in [2.45, 2.75) is 20.5 Å². The molecule has 0 amide bonds. The molecule has 2 rings (SSSR count). The van der Waals surface area contributed by atoms with Crippen LogP contribution in [0.1, 0.15) is 16.8 Å². The van der Waals surface area contributed by atoms with Gasteiger partial charge in [0.1, 0.15) is 12.4 Å². The zero-order chi connectivity index (χ0) is 15.4. The van der Waals surface area contributed by atoms with E-state index in [-0.39, 0.29) is 12.3 Å². The zero-order valence-corrected chi connectivity index (χ0v) is 11.7. The van der Waals surface area contributed by atoms with E-state index in [0.29, 0.717) is 28.4 Å². The van der Waals surface area contributed by atoms with Gasteiger partial charge in [0.2, 0.25) is 0 Å². The first kappa shape index (κ1) is 14.7. The predicted octanol–water partition coefficient (Wildman–Crippen LogP) is 1.87. The molecule has 0 saturated carbocycles. The summed E-state index contributed by atoms with van der Waals surface area (Å²) >= 11 is 0. The summed E-state index contributed by atoms with van der Waals surface area (Å²) in [6, 6.07) is 3.15. The highest BCUT2D eigenvalue weighted by atomic mass is 16.6. The van der Waals surface area contributed by atoms with Gasteiger partial charge in [-0.2, -0.15) is 0 Å². The predicted molar refractivity (Wildman–Crippen MR) is 76.7 cm³/mol. The molecule has 1 aromatic carbocycles. The lowest BCUT2D eigenvalue weighted by molar-refractivity contribution is -0.385. The molecule has 0 aliphatic heterocycles. The summed E-state index contributed by atoms with van der Waals surface area (Å²) in [4.78, 5) is 18.6. The molecule has 0 radical (unpaired) electrons. The van der Waals surface area contributed by atoms with Crippen LogP contribution < -0.4 is 16.0 Å². The number of aromatic nitrogens is 2. The molecule has 0 saturated heterocycles. The van der Waals surface area contributed by atoms with Crippen LogP contribution in [-0.4, -0.2) is 14.9 Å². The molecule has 2 aromatic rings. The van der Waals surface area contributed by atoms with E-state index in [4.69, 9.17) is 10.6 Å². The molecule has 0 spiro atoms. The first-order valence-corrected chi connectivity index (χ1v) is 6.17. The molecule has 0 aliphatic rings. The van der Waals surface area contributed by atoms with Crippen molar-refractivity contribution >= 4 is 11.5 Å². The highest BCUT2D eigenvalue weighted by Gasteiger charge is 2.14. The average Bonchev–Trinajstić information content (AvgIpc) is 2.48. The normalized spacial score (nSPS) is 10.2. The quantitative estimate of drug-likeness (QED) is 0.490. The van der Waals surface area contributed by atoms with Crippen LogP contribution in [0, 0.1) is 24.0 Å². The number of ether oxygens (including phenoxy) is 1. The molecule has 0 unspecified atom stereocenters. The van der Waals surface area contributed by atoms with Gasteiger partial charge in [-0.3, -0.25) is 15.1 Å². The van der Waals surface area contributed by atoms with Crippen LogP contribution >= 0.6 is 0 Å². The lowest BCUT2D eigenvalue weighted by Crippen LogP contribution is -2.09. The number of nitrogens with zero attached hydrogens (tertiary/aromatic N) is 3. The fourth-order valence-corrected chi connectivity index (χ4v) is 1.78. The van der Waals surface area contributed by atoms with Gasteiger partial charge in [-0.15, -0.1) is 0 Å². The van der Waals surface area contributed by atoms with E-state index >= 15 is 0 Å². The highest BCUT2D eigenvalue weighted by Crippen LogP contribution is 2.28. The maximum atomic E-state index is 10.9. The van der Waals surface area contributed by atoms with Crippen molar-refractivity contribution in [1.82, 2.24) is 9.97 Å². The second kappa shape index (κ2) is 6.14. The van der Waals surface area contributed by atoms with Crippen molar-refractivity contribution < 1.29 is 9.66 Å². The molecule has 1 aromatic heterocycles. The largest absolute Gasteiger partial charge is 0.487 e. The van der Waals surface area contributed by atoms with Crippen molar-refractivity contribution in [2.24, 2.45) is 5.84 Å². The molecule has 8 heteroatoms. The molecule has 1 heterocycles. The number of nitro groups is 1. The van der Waals surface area contributed by atoms with Crippen LogP contribution in [0.5, 0.6) is 5.75 Å². The highest BCUT2D eigenvalue weighted by molar-refractivity contribution is 5.49. The fourth-order valence-electron chi connectivity index (χ4n) is 1.78. The number of nitro benzene ring substituents is 1. The Morgan fingerprint density at radius 1 is 1.29 bits per heavy atom. The van der Waals surface area contributed by atoms with Crippen molar-refractivity contribution in [3.8, 4) is 5.75 Å². The third-order valence-electron chi connectivity index (χ3n) is 2.92. The van der Waals surface area contributed by atoms with Gasteiger partial charge in [-0.05, 0) is 25.5 Å². The topological polar surface area (TPSA) is 116 Å². The van der Waals surface area contributed by atoms with E-state index < -0.39 is 4.92 Å². The van der Waals surface area contributed by atoms with E-state index in [1.54, 1.807) is 26.1 Å². The van der Waals surface area contributed by atoms with Gasteiger partial charge >= 0.3 is 0 Å². The zero-order valence-electron chi connectivity index (χ0n) is 11.7. The molecular formula is C13H15N5O3. The summed E-state index contributed by atoms with van der Waals surface area (Å²) in [5.41, 5.74) is 4.34. The molecular weight excluding hydrogens is 274 g/mol. The van der Waals surface area contributed by atoms with Gasteiger partial charge < -0.3 is 10.2 Å². The Morgan fingerprint density at radius 2 is 2.05 bits per heavy atom. The Morgan fingerprint density at radius 3 is 2.62 bits per heavy atom. The number of benzene rings is 1. The third kappa shape index (κ3) is 3.42. The first-order chi connectivity index (χ1) is 10.0. The Hall–Kier alpha value is -2.74. The van der Waals surface area contributed by atoms with Crippen LogP contribution in [0.4, 0.5) is 11.5 Å². The summed E-state index contributed by atoms with van der Waals surface area (Å²) in [6.45, 7) is 3.65. The van der Waals surface area contributed by atoms with Gasteiger partial charge in [0, 0.05) is 11.6 Å². The van der Waals surface area contributed by atoms with Gasteiger partial charge in [-0.25, -0.2) is 10.8 Å². The molecule has 3 N–H and O–H groups in total. The Bertz CT molecular complexity index is 658. The SMILES string of the molecule is Cc1cc([N+](=O)[O-])c(C)cc1OCc1cnc(NN)cn1. The second-order valence-electron chi connectivity index (χ2n) is 4.49. The molecule has 21 heavy (non-hydrogen) atoms. The number of nitrogen functional groups attached to an aromatic ring is 1. The Balaban J connectivity index is 2.12. The summed E-state index contributed by atoms with van der Waals surface area (Å²) in [5.74, 6) is 6.24. The Kier molecular flexibility index (Phi) is 4.29. The van der Waals surface area contributed by atoms with Crippen molar-refractivity contribution in [2.75, 3.05) is 5.43 Å². The molecule has 0 fully saturated rings. The minimum atomic E-state index is -0.407. The number of hydrazine groups is 1. The van der Waals surface area contributed by atoms with E-state index in [2.05, 4.69) is 15.4 Å². The van der Waals surface area contributed by atoms with E-state index in [1.807, 2.05) is 0 Å². The number of hydrogen-bond acceptors (Lipinski definition) is 7. The van der Waals surface area contributed by atoms with E-state index in [0.717, 1.165) is 0 Å². The Labute approximate surface area is 121 Å². The number of anilines is 1. The van der Waals surface area contributed by atoms with Gasteiger partial charge in [-0.1, -0.05) is 0 Å². The summed E-state index contributed by atoms with van der Waals surface area (Å²) in [5, 5.41) is 10.9. The molecule has 0 bridgehead atoms. The van der Waals surface area contributed by atoms with Crippen molar-refractivity contribution in [1.29, 1.82) is 0 Å². The first-order valence-electron chi connectivity index (χ1n) is 6.17. The maximum Gasteiger partial charge on any atom is 0.272 e. The number of hydrogen-bond donors (Lipinski definition) is 2. The summed E-state index contributed by atoms with van der Waals surface area (Å²) in [7, 11) is 0. The smallest absolute Gasteiger partial charge is 0.272 e. The van der Waals surface area contributed by atoms with Gasteiger partial charge in [0.15, 0.2) is 5.82 Å². The third-order valence-corrected chi connectivity index (χ3v) is 2.92. The summed E-state index contributed by atoms with van der Waals surface area (Å²) in [6.07, 6.45) is 3.04. The van der Waals surface area contributed by atoms with E-state index in [1.165, 1.54) is 12.3 Å².